The van der Waals surface area contributed by atoms with Gasteiger partial charge in [0.2, 0.25) is 0 Å². The second kappa shape index (κ2) is 6.72. The van der Waals surface area contributed by atoms with Crippen LogP contribution in [0.4, 0.5) is 0 Å². The lowest BCUT2D eigenvalue weighted by Gasteiger charge is -2.29. The van der Waals surface area contributed by atoms with Crippen molar-refractivity contribution in [3.8, 4) is 5.69 Å². The van der Waals surface area contributed by atoms with Gasteiger partial charge in [0, 0.05) is 23.8 Å². The predicted octanol–water partition coefficient (Wildman–Crippen LogP) is 3.53. The first-order valence-electron chi connectivity index (χ1n) is 7.89. The van der Waals surface area contributed by atoms with E-state index in [1.165, 1.54) is 0 Å². The smallest absolute Gasteiger partial charge is 0.334 e. The molecule has 0 spiro atoms. The Morgan fingerprint density at radius 2 is 1.54 bits per heavy atom. The van der Waals surface area contributed by atoms with E-state index in [0.717, 1.165) is 0 Å². The minimum absolute atomic E-state index is 0.0282. The van der Waals surface area contributed by atoms with Crippen LogP contribution in [-0.2, 0) is 9.59 Å². The molecule has 2 aromatic rings. The Morgan fingerprint density at radius 1 is 1.00 bits per heavy atom. The summed E-state index contributed by atoms with van der Waals surface area (Å²) in [6, 6.07) is 8.88. The van der Waals surface area contributed by atoms with Gasteiger partial charge in [-0.15, -0.1) is 0 Å². The molecule has 1 aromatic heterocycles. The molecule has 26 heavy (non-hydrogen) atoms. The zero-order chi connectivity index (χ0) is 19.0. The maximum atomic E-state index is 11.9. The third-order valence-corrected chi connectivity index (χ3v) is 4.83. The molecule has 0 saturated carbocycles. The van der Waals surface area contributed by atoms with Gasteiger partial charge in [-0.05, 0) is 37.6 Å². The number of hydrogen-bond donors (Lipinski definition) is 3. The molecule has 3 rings (SSSR count). The van der Waals surface area contributed by atoms with Crippen LogP contribution in [0.25, 0.3) is 5.69 Å². The van der Waals surface area contributed by atoms with Crippen LogP contribution in [0.2, 0.25) is 5.02 Å². The monoisotopic (exact) mass is 372 g/mol. The van der Waals surface area contributed by atoms with Crippen LogP contribution >= 0.6 is 11.6 Å². The van der Waals surface area contributed by atoms with Crippen LogP contribution in [0, 0.1) is 0 Å². The summed E-state index contributed by atoms with van der Waals surface area (Å²) in [5.41, 5.74) is 1.82. The minimum Gasteiger partial charge on any atom is -0.478 e. The number of carboxylic acids is 2. The van der Waals surface area contributed by atoms with E-state index in [1.54, 1.807) is 36.6 Å². The number of nitrogens with zero attached hydrogens (tertiary/aromatic N) is 1. The van der Waals surface area contributed by atoms with Gasteiger partial charge in [0.15, 0.2) is 0 Å². The molecule has 134 valence electrons. The molecule has 0 bridgehead atoms. The van der Waals surface area contributed by atoms with Crippen molar-refractivity contribution in [2.75, 3.05) is 0 Å². The summed E-state index contributed by atoms with van der Waals surface area (Å²) >= 11 is 6.60. The number of hydrogen-bond acceptors (Lipinski definition) is 3. The van der Waals surface area contributed by atoms with Gasteiger partial charge >= 0.3 is 11.9 Å². The van der Waals surface area contributed by atoms with Gasteiger partial charge in [0.1, 0.15) is 0 Å². The highest BCUT2D eigenvalue weighted by atomic mass is 35.5. The Morgan fingerprint density at radius 3 is 2.04 bits per heavy atom. The standard InChI is InChI=1S/C19H17ClN2O4/c1-10-14(18(23)24)16(15(19(25)26)11(2)21-10)12-6-5-7-13(17(12)20)22-8-3-4-9-22/h3-9,16,21H,1-2H3,(H,23,24)(H,25,26). The molecular formula is C19H17ClN2O4. The average molecular weight is 373 g/mol. The highest BCUT2D eigenvalue weighted by Gasteiger charge is 2.37. The largest absolute Gasteiger partial charge is 0.478 e. The molecule has 3 N–H and O–H groups in total. The number of aromatic nitrogens is 1. The number of nitrogens with one attached hydrogen (secondary N) is 1. The molecule has 0 radical (unpaired) electrons. The first kappa shape index (κ1) is 17.8. The van der Waals surface area contributed by atoms with Crippen LogP contribution in [0.3, 0.4) is 0 Å². The van der Waals surface area contributed by atoms with Crippen LogP contribution in [0.15, 0.2) is 65.3 Å². The first-order valence-corrected chi connectivity index (χ1v) is 8.27. The third-order valence-electron chi connectivity index (χ3n) is 4.42. The van der Waals surface area contributed by atoms with Crippen molar-refractivity contribution < 1.29 is 19.8 Å². The number of aliphatic carboxylic acids is 2. The fourth-order valence-corrected chi connectivity index (χ4v) is 3.66. The van der Waals surface area contributed by atoms with Gasteiger partial charge in [0.25, 0.3) is 0 Å². The van der Waals surface area contributed by atoms with Crippen molar-refractivity contribution in [3.05, 3.63) is 75.9 Å². The third kappa shape index (κ3) is 2.88. The van der Waals surface area contributed by atoms with E-state index in [1.807, 2.05) is 24.5 Å². The van der Waals surface area contributed by atoms with Crippen molar-refractivity contribution in [2.45, 2.75) is 19.8 Å². The Bertz CT molecular complexity index is 922. The van der Waals surface area contributed by atoms with E-state index in [4.69, 9.17) is 11.6 Å². The van der Waals surface area contributed by atoms with Crippen molar-refractivity contribution in [2.24, 2.45) is 0 Å². The van der Waals surface area contributed by atoms with Crippen LogP contribution in [0.1, 0.15) is 25.3 Å². The summed E-state index contributed by atoms with van der Waals surface area (Å²) < 4.78 is 1.79. The van der Waals surface area contributed by atoms with Gasteiger partial charge < -0.3 is 20.1 Å². The fourth-order valence-electron chi connectivity index (χ4n) is 3.33. The summed E-state index contributed by atoms with van der Waals surface area (Å²) in [6.07, 6.45) is 3.62. The molecule has 1 aliphatic rings. The molecule has 0 aliphatic carbocycles. The number of carbonyl (C=O) groups is 2. The van der Waals surface area contributed by atoms with Gasteiger partial charge in [-0.2, -0.15) is 0 Å². The molecule has 1 aliphatic heterocycles. The number of allylic oxidation sites excluding steroid dienone is 2. The molecule has 0 amide bonds. The Kier molecular flexibility index (Phi) is 4.61. The molecule has 0 fully saturated rings. The predicted molar refractivity (Wildman–Crippen MR) is 97.3 cm³/mol. The van der Waals surface area contributed by atoms with Crippen LogP contribution in [0.5, 0.6) is 0 Å². The van der Waals surface area contributed by atoms with Crippen LogP contribution in [-0.4, -0.2) is 26.7 Å². The lowest BCUT2D eigenvalue weighted by molar-refractivity contribution is -0.133. The zero-order valence-corrected chi connectivity index (χ0v) is 14.9. The Labute approximate surface area is 155 Å². The van der Waals surface area contributed by atoms with E-state index < -0.39 is 17.9 Å². The molecule has 1 aromatic carbocycles. The summed E-state index contributed by atoms with van der Waals surface area (Å²) in [7, 11) is 0. The second-order valence-electron chi connectivity index (χ2n) is 6.02. The molecule has 7 heteroatoms. The van der Waals surface area contributed by atoms with Crippen LogP contribution < -0.4 is 5.32 Å². The lowest BCUT2D eigenvalue weighted by atomic mass is 9.80. The van der Waals surface area contributed by atoms with Crippen molar-refractivity contribution in [1.29, 1.82) is 0 Å². The van der Waals surface area contributed by atoms with E-state index in [0.29, 0.717) is 27.7 Å². The van der Waals surface area contributed by atoms with E-state index >= 15 is 0 Å². The number of rotatable bonds is 4. The minimum atomic E-state index is -1.19. The molecule has 0 atom stereocenters. The number of dihydropyridines is 1. The van der Waals surface area contributed by atoms with Gasteiger partial charge in [0.05, 0.1) is 27.8 Å². The maximum Gasteiger partial charge on any atom is 0.334 e. The first-order chi connectivity index (χ1) is 12.3. The number of carboxylic acid groups (broad SMARTS) is 2. The maximum absolute atomic E-state index is 11.9. The molecule has 6 nitrogen and oxygen atoms in total. The topological polar surface area (TPSA) is 91.6 Å². The summed E-state index contributed by atoms with van der Waals surface area (Å²) in [4.78, 5) is 23.8. The van der Waals surface area contributed by atoms with Gasteiger partial charge in [-0.25, -0.2) is 9.59 Å². The summed E-state index contributed by atoms with van der Waals surface area (Å²) in [5.74, 6) is -3.35. The van der Waals surface area contributed by atoms with E-state index in [2.05, 4.69) is 5.32 Å². The molecule has 0 saturated heterocycles. The lowest BCUT2D eigenvalue weighted by Crippen LogP contribution is -2.31. The Hall–Kier alpha value is -2.99. The highest BCUT2D eigenvalue weighted by Crippen LogP contribution is 2.42. The fraction of sp³-hybridized carbons (Fsp3) is 0.158. The van der Waals surface area contributed by atoms with Gasteiger partial charge in [-0.1, -0.05) is 23.7 Å². The number of halogens is 1. The normalized spacial score (nSPS) is 15.2. The average Bonchev–Trinajstić information content (AvgIpc) is 3.07. The van der Waals surface area contributed by atoms with E-state index in [-0.39, 0.29) is 11.1 Å². The second-order valence-corrected chi connectivity index (χ2v) is 6.39. The van der Waals surface area contributed by atoms with Gasteiger partial charge in [-0.3, -0.25) is 0 Å². The van der Waals surface area contributed by atoms with E-state index in [9.17, 15) is 19.8 Å². The zero-order valence-electron chi connectivity index (χ0n) is 14.2. The SMILES string of the molecule is CC1=C(C(=O)O)C(c2cccc(-n3cccc3)c2Cl)C(C(=O)O)=C(C)N1. The van der Waals surface area contributed by atoms with Crippen molar-refractivity contribution in [1.82, 2.24) is 9.88 Å². The summed E-state index contributed by atoms with van der Waals surface area (Å²) in [5, 5.41) is 22.6. The number of benzene rings is 1. The quantitative estimate of drug-likeness (QED) is 0.763. The molecule has 2 heterocycles. The van der Waals surface area contributed by atoms with Crippen molar-refractivity contribution >= 4 is 23.5 Å². The Balaban J connectivity index is 2.27. The highest BCUT2D eigenvalue weighted by molar-refractivity contribution is 6.33. The molecule has 0 unspecified atom stereocenters. The van der Waals surface area contributed by atoms with Crippen molar-refractivity contribution in [3.63, 3.8) is 0 Å². The molecular weight excluding hydrogens is 356 g/mol. The summed E-state index contributed by atoms with van der Waals surface area (Å²) in [6.45, 7) is 3.23.